The maximum atomic E-state index is 13.1. The molecule has 10 nitrogen and oxygen atoms in total. The molecule has 2 aromatic carbocycles. The number of anilines is 4. The summed E-state index contributed by atoms with van der Waals surface area (Å²) in [7, 11) is -1.50. The van der Waals surface area contributed by atoms with Crippen molar-refractivity contribution in [1.29, 1.82) is 0 Å². The van der Waals surface area contributed by atoms with Crippen LogP contribution in [0.5, 0.6) is 0 Å². The molecule has 3 heterocycles. The lowest BCUT2D eigenvalue weighted by Crippen LogP contribution is -2.46. The van der Waals surface area contributed by atoms with Gasteiger partial charge in [0, 0.05) is 43.3 Å². The smallest absolute Gasteiger partial charge is 0.243 e. The Morgan fingerprint density at radius 1 is 0.892 bits per heavy atom. The van der Waals surface area contributed by atoms with E-state index >= 15 is 0 Å². The number of aromatic nitrogens is 3. The van der Waals surface area contributed by atoms with Crippen LogP contribution in [0.25, 0.3) is 22.6 Å². The van der Waals surface area contributed by atoms with Gasteiger partial charge in [0.15, 0.2) is 11.0 Å². The zero-order chi connectivity index (χ0) is 26.2. The van der Waals surface area contributed by atoms with Gasteiger partial charge in [-0.25, -0.2) is 23.4 Å². The first-order chi connectivity index (χ1) is 17.7. The van der Waals surface area contributed by atoms with E-state index in [0.29, 0.717) is 34.6 Å². The molecular formula is C25H28N8O2S2. The Bertz CT molecular complexity index is 1510. The van der Waals surface area contributed by atoms with Gasteiger partial charge in [0.2, 0.25) is 10.0 Å². The van der Waals surface area contributed by atoms with Crippen molar-refractivity contribution in [3.05, 3.63) is 59.5 Å². The first-order valence-electron chi connectivity index (χ1n) is 11.7. The van der Waals surface area contributed by atoms with Gasteiger partial charge < -0.3 is 21.7 Å². The van der Waals surface area contributed by atoms with Gasteiger partial charge in [-0.1, -0.05) is 24.3 Å². The minimum absolute atomic E-state index is 0.288. The summed E-state index contributed by atoms with van der Waals surface area (Å²) in [6, 6.07) is 14.6. The highest BCUT2D eigenvalue weighted by atomic mass is 32.2. The number of hydrogen-bond acceptors (Lipinski definition) is 10. The van der Waals surface area contributed by atoms with E-state index in [2.05, 4.69) is 25.2 Å². The van der Waals surface area contributed by atoms with Gasteiger partial charge >= 0.3 is 0 Å². The fraction of sp³-hybridized carbons (Fsp3) is 0.240. The fourth-order valence-electron chi connectivity index (χ4n) is 4.08. The lowest BCUT2D eigenvalue weighted by molar-refractivity contribution is 0.222. The number of nitrogens with two attached hydrogens (primary N) is 2. The molecule has 5 rings (SSSR count). The Balaban J connectivity index is 1.35. The number of sulfonamides is 1. The van der Waals surface area contributed by atoms with E-state index in [0.717, 1.165) is 35.5 Å². The number of piperazine rings is 1. The second-order valence-corrected chi connectivity index (χ2v) is 11.8. The Hall–Kier alpha value is -3.58. The molecule has 0 unspecified atom stereocenters. The van der Waals surface area contributed by atoms with E-state index in [-0.39, 0.29) is 11.6 Å². The number of nitrogens with one attached hydrogen (secondary N) is 1. The Morgan fingerprint density at radius 2 is 1.54 bits per heavy atom. The van der Waals surface area contributed by atoms with E-state index in [9.17, 15) is 8.42 Å². The number of nitrogen functional groups attached to an aromatic ring is 2. The normalized spacial score (nSPS) is 15.1. The van der Waals surface area contributed by atoms with Crippen molar-refractivity contribution in [1.82, 2.24) is 24.2 Å². The Morgan fingerprint density at radius 3 is 2.22 bits per heavy atom. The first-order valence-corrected chi connectivity index (χ1v) is 14.0. The Kier molecular flexibility index (Phi) is 6.82. The van der Waals surface area contributed by atoms with E-state index < -0.39 is 10.0 Å². The van der Waals surface area contributed by atoms with Gasteiger partial charge in [0.25, 0.3) is 0 Å². The summed E-state index contributed by atoms with van der Waals surface area (Å²) in [6.07, 6.45) is 0. The van der Waals surface area contributed by atoms with Crippen LogP contribution in [0.1, 0.15) is 5.56 Å². The van der Waals surface area contributed by atoms with Gasteiger partial charge in [0.05, 0.1) is 4.90 Å². The van der Waals surface area contributed by atoms with Gasteiger partial charge in [-0.05, 0) is 48.9 Å². The number of nitrogens with zero attached hydrogens (tertiary/aromatic N) is 5. The lowest BCUT2D eigenvalue weighted by Gasteiger charge is -2.31. The molecule has 12 heteroatoms. The van der Waals surface area contributed by atoms with Crippen molar-refractivity contribution in [2.75, 3.05) is 50.0 Å². The maximum Gasteiger partial charge on any atom is 0.243 e. The van der Waals surface area contributed by atoms with Crippen LogP contribution in [0, 0.1) is 6.92 Å². The monoisotopic (exact) mass is 536 g/mol. The van der Waals surface area contributed by atoms with Crippen LogP contribution >= 0.6 is 11.3 Å². The third kappa shape index (κ3) is 5.42. The summed E-state index contributed by atoms with van der Waals surface area (Å²) in [5, 5.41) is 5.88. The number of thiazole rings is 1. The van der Waals surface area contributed by atoms with Gasteiger partial charge in [-0.3, -0.25) is 0 Å². The quantitative estimate of drug-likeness (QED) is 0.338. The molecule has 2 aromatic heterocycles. The number of rotatable bonds is 6. The van der Waals surface area contributed by atoms with Crippen LogP contribution in [0.2, 0.25) is 0 Å². The average Bonchev–Trinajstić information content (AvgIpc) is 3.34. The lowest BCUT2D eigenvalue weighted by atomic mass is 10.0. The van der Waals surface area contributed by atoms with E-state index in [1.165, 1.54) is 17.4 Å². The van der Waals surface area contributed by atoms with E-state index in [1.807, 2.05) is 49.7 Å². The van der Waals surface area contributed by atoms with E-state index in [1.54, 1.807) is 16.4 Å². The molecule has 0 saturated carbocycles. The molecule has 0 radical (unpaired) electrons. The SMILES string of the molecule is Cc1ccc(-c2ccc(S(=O)(=O)N3CCN(C)CC3)cc2)cc1Nc1nc(-c2nc(N)cc(N)n2)cs1. The highest BCUT2D eigenvalue weighted by molar-refractivity contribution is 7.89. The number of hydrogen-bond donors (Lipinski definition) is 3. The molecule has 0 atom stereocenters. The molecule has 5 N–H and O–H groups in total. The second kappa shape index (κ2) is 10.1. The highest BCUT2D eigenvalue weighted by Crippen LogP contribution is 2.31. The average molecular weight is 537 g/mol. The molecule has 1 aliphatic heterocycles. The largest absolute Gasteiger partial charge is 0.384 e. The predicted molar refractivity (Wildman–Crippen MR) is 148 cm³/mol. The summed E-state index contributed by atoms with van der Waals surface area (Å²) < 4.78 is 27.7. The molecule has 1 aliphatic rings. The molecule has 4 aromatic rings. The van der Waals surface area contributed by atoms with Gasteiger partial charge in [0.1, 0.15) is 17.3 Å². The third-order valence-electron chi connectivity index (χ3n) is 6.27. The van der Waals surface area contributed by atoms with Crippen molar-refractivity contribution in [2.24, 2.45) is 0 Å². The first kappa shape index (κ1) is 25.1. The molecule has 1 fully saturated rings. The predicted octanol–water partition coefficient (Wildman–Crippen LogP) is 3.42. The van der Waals surface area contributed by atoms with Crippen LogP contribution in [0.3, 0.4) is 0 Å². The van der Waals surface area contributed by atoms with Crippen LogP contribution in [-0.2, 0) is 10.0 Å². The summed E-state index contributed by atoms with van der Waals surface area (Å²) >= 11 is 1.42. The molecule has 0 aliphatic carbocycles. The molecule has 0 bridgehead atoms. The minimum Gasteiger partial charge on any atom is -0.384 e. The highest BCUT2D eigenvalue weighted by Gasteiger charge is 2.27. The van der Waals surface area contributed by atoms with Crippen molar-refractivity contribution >= 4 is 43.8 Å². The van der Waals surface area contributed by atoms with E-state index in [4.69, 9.17) is 11.5 Å². The fourth-order valence-corrected chi connectivity index (χ4v) is 6.21. The molecular weight excluding hydrogens is 508 g/mol. The topological polar surface area (TPSA) is 143 Å². The summed E-state index contributed by atoms with van der Waals surface area (Å²) in [5.41, 5.74) is 16.0. The summed E-state index contributed by atoms with van der Waals surface area (Å²) in [5.74, 6) is 0.950. The summed E-state index contributed by atoms with van der Waals surface area (Å²) in [4.78, 5) is 15.4. The van der Waals surface area contributed by atoms with Gasteiger partial charge in [-0.15, -0.1) is 11.3 Å². The van der Waals surface area contributed by atoms with Crippen molar-refractivity contribution in [3.8, 4) is 22.6 Å². The molecule has 0 amide bonds. The molecule has 0 spiro atoms. The van der Waals surface area contributed by atoms with Crippen molar-refractivity contribution < 1.29 is 8.42 Å². The zero-order valence-corrected chi connectivity index (χ0v) is 22.2. The third-order valence-corrected chi connectivity index (χ3v) is 8.94. The van der Waals surface area contributed by atoms with Crippen LogP contribution in [0.15, 0.2) is 58.8 Å². The molecule has 1 saturated heterocycles. The maximum absolute atomic E-state index is 13.1. The second-order valence-electron chi connectivity index (χ2n) is 8.97. The van der Waals surface area contributed by atoms with Gasteiger partial charge in [-0.2, -0.15) is 4.31 Å². The standard InChI is InChI=1S/C25H28N8O2S2/c1-16-3-4-18(17-5-7-19(8-6-17)37(34,35)33-11-9-32(2)10-12-33)13-20(16)28-25-29-21(15-36-25)24-30-22(26)14-23(27)31-24/h3-8,13-15H,9-12H2,1-2H3,(H,28,29)(H4,26,27,30,31). The number of benzene rings is 2. The number of likely N-dealkylation sites (N-methyl/N-ethyl adjacent to an activating group) is 1. The van der Waals surface area contributed by atoms with Crippen LogP contribution in [0.4, 0.5) is 22.5 Å². The van der Waals surface area contributed by atoms with Crippen molar-refractivity contribution in [3.63, 3.8) is 0 Å². The summed E-state index contributed by atoms with van der Waals surface area (Å²) in [6.45, 7) is 4.48. The zero-order valence-electron chi connectivity index (χ0n) is 20.5. The Labute approximate surface area is 220 Å². The number of aryl methyl sites for hydroxylation is 1. The van der Waals surface area contributed by atoms with Crippen LogP contribution in [-0.4, -0.2) is 65.8 Å². The molecule has 37 heavy (non-hydrogen) atoms. The van der Waals surface area contributed by atoms with Crippen molar-refractivity contribution in [2.45, 2.75) is 11.8 Å². The van der Waals surface area contributed by atoms with Crippen LogP contribution < -0.4 is 16.8 Å². The molecule has 192 valence electrons. The minimum atomic E-state index is -3.50.